The lowest BCUT2D eigenvalue weighted by Gasteiger charge is -2.19. The summed E-state index contributed by atoms with van der Waals surface area (Å²) < 4.78 is 0. The second-order valence-electron chi connectivity index (χ2n) is 5.91. The van der Waals surface area contributed by atoms with Gasteiger partial charge in [-0.1, -0.05) is 24.3 Å². The molecule has 0 heterocycles. The van der Waals surface area contributed by atoms with Crippen molar-refractivity contribution in [3.05, 3.63) is 59.2 Å². The van der Waals surface area contributed by atoms with Crippen LogP contribution in [0.4, 0.5) is 11.4 Å². The number of hydrogen-bond acceptors (Lipinski definition) is 2. The third-order valence-corrected chi connectivity index (χ3v) is 4.14. The lowest BCUT2D eigenvalue weighted by molar-refractivity contribution is 0.773. The van der Waals surface area contributed by atoms with E-state index in [-0.39, 0.29) is 0 Å². The zero-order valence-corrected chi connectivity index (χ0v) is 12.5. The molecule has 0 radical (unpaired) electrons. The monoisotopic (exact) mass is 266 g/mol. The molecule has 2 aromatic carbocycles. The van der Waals surface area contributed by atoms with Gasteiger partial charge in [-0.2, -0.15) is 0 Å². The van der Waals surface area contributed by atoms with Crippen molar-refractivity contribution in [1.29, 1.82) is 0 Å². The van der Waals surface area contributed by atoms with E-state index >= 15 is 0 Å². The molecule has 0 saturated heterocycles. The van der Waals surface area contributed by atoms with Crippen molar-refractivity contribution < 1.29 is 0 Å². The van der Waals surface area contributed by atoms with Crippen molar-refractivity contribution in [1.82, 2.24) is 0 Å². The van der Waals surface area contributed by atoms with Crippen LogP contribution in [0.2, 0.25) is 0 Å². The predicted octanol–water partition coefficient (Wildman–Crippen LogP) is 3.64. The van der Waals surface area contributed by atoms with Crippen molar-refractivity contribution in [3.63, 3.8) is 0 Å². The van der Waals surface area contributed by atoms with Gasteiger partial charge in [-0.3, -0.25) is 0 Å². The Balaban J connectivity index is 1.74. The van der Waals surface area contributed by atoms with Gasteiger partial charge in [0.15, 0.2) is 0 Å². The van der Waals surface area contributed by atoms with Crippen LogP contribution >= 0.6 is 0 Å². The summed E-state index contributed by atoms with van der Waals surface area (Å²) in [5, 5.41) is 3.70. The van der Waals surface area contributed by atoms with Crippen molar-refractivity contribution >= 4 is 11.4 Å². The van der Waals surface area contributed by atoms with Gasteiger partial charge in [0.25, 0.3) is 0 Å². The molecule has 2 nitrogen and oxygen atoms in total. The maximum absolute atomic E-state index is 3.70. The SMILES string of the molecule is Cc1cc(N(C)C)ccc1NC1Cc2ccccc2C1. The van der Waals surface area contributed by atoms with E-state index < -0.39 is 0 Å². The second-order valence-corrected chi connectivity index (χ2v) is 5.91. The zero-order valence-electron chi connectivity index (χ0n) is 12.5. The van der Waals surface area contributed by atoms with E-state index in [2.05, 4.69) is 73.7 Å². The number of anilines is 2. The molecule has 0 fully saturated rings. The Kier molecular flexibility index (Phi) is 3.39. The predicted molar refractivity (Wildman–Crippen MR) is 86.8 cm³/mol. The van der Waals surface area contributed by atoms with Crippen LogP contribution in [-0.4, -0.2) is 20.1 Å². The Labute approximate surface area is 121 Å². The number of rotatable bonds is 3. The fourth-order valence-corrected chi connectivity index (χ4v) is 2.97. The molecule has 0 bridgehead atoms. The van der Waals surface area contributed by atoms with Crippen molar-refractivity contribution in [2.45, 2.75) is 25.8 Å². The van der Waals surface area contributed by atoms with E-state index in [4.69, 9.17) is 0 Å². The van der Waals surface area contributed by atoms with E-state index in [1.807, 2.05) is 0 Å². The molecule has 0 saturated carbocycles. The van der Waals surface area contributed by atoms with Gasteiger partial charge in [-0.15, -0.1) is 0 Å². The van der Waals surface area contributed by atoms with E-state index in [1.165, 1.54) is 28.1 Å². The number of nitrogens with zero attached hydrogens (tertiary/aromatic N) is 1. The van der Waals surface area contributed by atoms with E-state index in [0.717, 1.165) is 12.8 Å². The maximum atomic E-state index is 3.70. The summed E-state index contributed by atoms with van der Waals surface area (Å²) in [4.78, 5) is 2.14. The minimum atomic E-state index is 0.524. The van der Waals surface area contributed by atoms with Crippen LogP contribution in [0.3, 0.4) is 0 Å². The smallest absolute Gasteiger partial charge is 0.0373 e. The molecule has 0 amide bonds. The Bertz CT molecular complexity index is 592. The number of hydrogen-bond donors (Lipinski definition) is 1. The highest BCUT2D eigenvalue weighted by Gasteiger charge is 2.20. The van der Waals surface area contributed by atoms with Gasteiger partial charge in [0.2, 0.25) is 0 Å². The average Bonchev–Trinajstić information content (AvgIpc) is 2.83. The average molecular weight is 266 g/mol. The van der Waals surface area contributed by atoms with Crippen molar-refractivity contribution in [2.24, 2.45) is 0 Å². The fourth-order valence-electron chi connectivity index (χ4n) is 2.97. The number of benzene rings is 2. The van der Waals surface area contributed by atoms with Gasteiger partial charge in [0.1, 0.15) is 0 Å². The first-order chi connectivity index (χ1) is 9.63. The van der Waals surface area contributed by atoms with Crippen LogP contribution in [0.5, 0.6) is 0 Å². The van der Waals surface area contributed by atoms with Gasteiger partial charge < -0.3 is 10.2 Å². The molecule has 0 atom stereocenters. The van der Waals surface area contributed by atoms with Crippen LogP contribution in [-0.2, 0) is 12.8 Å². The van der Waals surface area contributed by atoms with Crippen LogP contribution < -0.4 is 10.2 Å². The highest BCUT2D eigenvalue weighted by Crippen LogP contribution is 2.27. The van der Waals surface area contributed by atoms with E-state index in [1.54, 1.807) is 0 Å². The fraction of sp³-hybridized carbons (Fsp3) is 0.333. The molecule has 0 unspecified atom stereocenters. The van der Waals surface area contributed by atoms with Crippen LogP contribution in [0.25, 0.3) is 0 Å². The summed E-state index contributed by atoms with van der Waals surface area (Å²) in [6.45, 7) is 2.18. The number of aryl methyl sites for hydroxylation is 1. The first-order valence-corrected chi connectivity index (χ1v) is 7.25. The summed E-state index contributed by atoms with van der Waals surface area (Å²) in [7, 11) is 4.16. The lowest BCUT2D eigenvalue weighted by atomic mass is 10.1. The van der Waals surface area contributed by atoms with E-state index in [0.29, 0.717) is 6.04 Å². The molecule has 1 aliphatic carbocycles. The van der Waals surface area contributed by atoms with Gasteiger partial charge in [-0.25, -0.2) is 0 Å². The standard InChI is InChI=1S/C18H22N2/c1-13-10-17(20(2)3)8-9-18(13)19-16-11-14-6-4-5-7-15(14)12-16/h4-10,16,19H,11-12H2,1-3H3. The number of nitrogens with one attached hydrogen (secondary N) is 1. The van der Waals surface area contributed by atoms with Crippen LogP contribution in [0.1, 0.15) is 16.7 Å². The molecule has 20 heavy (non-hydrogen) atoms. The van der Waals surface area contributed by atoms with Gasteiger partial charge in [0.05, 0.1) is 0 Å². The summed E-state index contributed by atoms with van der Waals surface area (Å²) >= 11 is 0. The van der Waals surface area contributed by atoms with Crippen LogP contribution in [0.15, 0.2) is 42.5 Å². The molecule has 0 aliphatic heterocycles. The highest BCUT2D eigenvalue weighted by atomic mass is 15.1. The molecule has 0 spiro atoms. The number of fused-ring (bicyclic) bond motifs is 1. The van der Waals surface area contributed by atoms with Crippen molar-refractivity contribution in [3.8, 4) is 0 Å². The maximum Gasteiger partial charge on any atom is 0.0373 e. The molecule has 3 rings (SSSR count). The quantitative estimate of drug-likeness (QED) is 0.912. The molecule has 1 N–H and O–H groups in total. The third-order valence-electron chi connectivity index (χ3n) is 4.14. The van der Waals surface area contributed by atoms with Gasteiger partial charge >= 0.3 is 0 Å². The van der Waals surface area contributed by atoms with E-state index in [9.17, 15) is 0 Å². The topological polar surface area (TPSA) is 15.3 Å². The summed E-state index contributed by atoms with van der Waals surface area (Å²) in [6, 6.07) is 15.9. The molecular formula is C18H22N2. The molecule has 2 heteroatoms. The first-order valence-electron chi connectivity index (χ1n) is 7.25. The largest absolute Gasteiger partial charge is 0.381 e. The van der Waals surface area contributed by atoms with Crippen LogP contribution in [0, 0.1) is 6.92 Å². The van der Waals surface area contributed by atoms with Crippen molar-refractivity contribution in [2.75, 3.05) is 24.3 Å². The molecular weight excluding hydrogens is 244 g/mol. The minimum Gasteiger partial charge on any atom is -0.381 e. The summed E-state index contributed by atoms with van der Waals surface area (Å²) in [5.41, 5.74) is 6.81. The Morgan fingerprint density at radius 2 is 1.65 bits per heavy atom. The minimum absolute atomic E-state index is 0.524. The first kappa shape index (κ1) is 13.0. The third kappa shape index (κ3) is 2.51. The normalized spacial score (nSPS) is 14.2. The molecule has 1 aliphatic rings. The Morgan fingerprint density at radius 3 is 2.20 bits per heavy atom. The summed E-state index contributed by atoms with van der Waals surface area (Å²) in [6.07, 6.45) is 2.26. The summed E-state index contributed by atoms with van der Waals surface area (Å²) in [5.74, 6) is 0. The highest BCUT2D eigenvalue weighted by molar-refractivity contribution is 5.60. The van der Waals surface area contributed by atoms with Gasteiger partial charge in [0, 0.05) is 31.5 Å². The second kappa shape index (κ2) is 5.20. The molecule has 0 aromatic heterocycles. The molecule has 2 aromatic rings. The lowest BCUT2D eigenvalue weighted by Crippen LogP contribution is -2.20. The Hall–Kier alpha value is -1.96. The molecule has 104 valence electrons. The zero-order chi connectivity index (χ0) is 14.1. The Morgan fingerprint density at radius 1 is 1.00 bits per heavy atom. The van der Waals surface area contributed by atoms with Gasteiger partial charge in [-0.05, 0) is 54.7 Å².